The zero-order chi connectivity index (χ0) is 16.9. The Morgan fingerprint density at radius 1 is 0.800 bits per heavy atom. The van der Waals surface area contributed by atoms with E-state index in [4.69, 9.17) is 0 Å². The molecule has 0 saturated carbocycles. The SMILES string of the molecule is c1ccc(N2CCN(CCN3CCC(C4CCNN4)CC3)CC2)cc1. The van der Waals surface area contributed by atoms with Crippen molar-refractivity contribution < 1.29 is 0 Å². The predicted octanol–water partition coefficient (Wildman–Crippen LogP) is 1.39. The largest absolute Gasteiger partial charge is 0.369 e. The molecule has 1 aromatic rings. The molecule has 5 heteroatoms. The number of hydrogen-bond donors (Lipinski definition) is 2. The van der Waals surface area contributed by atoms with Crippen molar-refractivity contribution in [2.24, 2.45) is 5.92 Å². The molecule has 138 valence electrons. The topological polar surface area (TPSA) is 33.8 Å². The van der Waals surface area contributed by atoms with E-state index in [-0.39, 0.29) is 0 Å². The van der Waals surface area contributed by atoms with Crippen molar-refractivity contribution in [3.05, 3.63) is 30.3 Å². The molecule has 5 nitrogen and oxygen atoms in total. The van der Waals surface area contributed by atoms with Crippen LogP contribution in [-0.2, 0) is 0 Å². The number of benzene rings is 1. The first-order chi connectivity index (χ1) is 12.4. The fraction of sp³-hybridized carbons (Fsp3) is 0.700. The standard InChI is InChI=1S/C20H33N5/c1-2-4-19(5-3-1)25-16-14-24(15-17-25)13-12-23-10-7-18(8-11-23)20-6-9-21-22-20/h1-5,18,20-22H,6-17H2. The number of nitrogens with zero attached hydrogens (tertiary/aromatic N) is 3. The Balaban J connectivity index is 1.14. The predicted molar refractivity (Wildman–Crippen MR) is 104 cm³/mol. The van der Waals surface area contributed by atoms with E-state index in [1.807, 2.05) is 0 Å². The Kier molecular flexibility index (Phi) is 5.87. The fourth-order valence-electron chi connectivity index (χ4n) is 4.59. The first-order valence-electron chi connectivity index (χ1n) is 10.1. The number of hydrogen-bond acceptors (Lipinski definition) is 5. The van der Waals surface area contributed by atoms with Gasteiger partial charge in [-0.3, -0.25) is 15.8 Å². The van der Waals surface area contributed by atoms with E-state index in [2.05, 4.69) is 55.9 Å². The van der Waals surface area contributed by atoms with Gasteiger partial charge in [0.1, 0.15) is 0 Å². The van der Waals surface area contributed by atoms with Crippen LogP contribution in [-0.4, -0.2) is 74.7 Å². The van der Waals surface area contributed by atoms with Gasteiger partial charge in [0.2, 0.25) is 0 Å². The number of anilines is 1. The summed E-state index contributed by atoms with van der Waals surface area (Å²) < 4.78 is 0. The van der Waals surface area contributed by atoms with Crippen LogP contribution >= 0.6 is 0 Å². The minimum absolute atomic E-state index is 0.716. The number of para-hydroxylation sites is 1. The van der Waals surface area contributed by atoms with Gasteiger partial charge in [-0.05, 0) is 50.4 Å². The smallest absolute Gasteiger partial charge is 0.0367 e. The molecule has 1 atom stereocenters. The van der Waals surface area contributed by atoms with Crippen molar-refractivity contribution in [2.45, 2.75) is 25.3 Å². The molecule has 1 unspecified atom stereocenters. The molecule has 2 N–H and O–H groups in total. The van der Waals surface area contributed by atoms with Crippen molar-refractivity contribution in [2.75, 3.05) is 63.8 Å². The lowest BCUT2D eigenvalue weighted by molar-refractivity contribution is 0.139. The lowest BCUT2D eigenvalue weighted by Gasteiger charge is -2.38. The lowest BCUT2D eigenvalue weighted by atomic mass is 9.88. The van der Waals surface area contributed by atoms with Crippen LogP contribution in [0.4, 0.5) is 5.69 Å². The average molecular weight is 344 g/mol. The van der Waals surface area contributed by atoms with E-state index in [0.717, 1.165) is 25.6 Å². The van der Waals surface area contributed by atoms with E-state index in [1.54, 1.807) is 0 Å². The van der Waals surface area contributed by atoms with Crippen LogP contribution < -0.4 is 15.8 Å². The van der Waals surface area contributed by atoms with Gasteiger partial charge >= 0.3 is 0 Å². The van der Waals surface area contributed by atoms with Crippen LogP contribution in [0.1, 0.15) is 19.3 Å². The van der Waals surface area contributed by atoms with Gasteiger partial charge in [0, 0.05) is 57.5 Å². The third-order valence-electron chi connectivity index (χ3n) is 6.30. The zero-order valence-electron chi connectivity index (χ0n) is 15.4. The molecule has 3 aliphatic rings. The van der Waals surface area contributed by atoms with Crippen LogP contribution in [0.15, 0.2) is 30.3 Å². The number of rotatable bonds is 5. The monoisotopic (exact) mass is 343 g/mol. The lowest BCUT2D eigenvalue weighted by Crippen LogP contribution is -2.49. The molecular formula is C20H33N5. The zero-order valence-corrected chi connectivity index (χ0v) is 15.4. The maximum atomic E-state index is 3.46. The first-order valence-corrected chi connectivity index (χ1v) is 10.1. The third-order valence-corrected chi connectivity index (χ3v) is 6.30. The molecule has 3 aliphatic heterocycles. The van der Waals surface area contributed by atoms with Gasteiger partial charge < -0.3 is 9.80 Å². The summed E-state index contributed by atoms with van der Waals surface area (Å²) in [5.74, 6) is 0.876. The number of piperazine rings is 1. The number of hydrazine groups is 1. The summed E-state index contributed by atoms with van der Waals surface area (Å²) in [6, 6.07) is 11.6. The van der Waals surface area contributed by atoms with E-state index >= 15 is 0 Å². The highest BCUT2D eigenvalue weighted by molar-refractivity contribution is 5.46. The molecule has 0 amide bonds. The molecule has 3 saturated heterocycles. The Hall–Kier alpha value is -1.14. The molecule has 3 fully saturated rings. The van der Waals surface area contributed by atoms with Gasteiger partial charge in [-0.15, -0.1) is 0 Å². The number of likely N-dealkylation sites (tertiary alicyclic amines) is 1. The van der Waals surface area contributed by atoms with Crippen molar-refractivity contribution in [1.29, 1.82) is 0 Å². The molecule has 0 radical (unpaired) electrons. The Bertz CT molecular complexity index is 500. The van der Waals surface area contributed by atoms with E-state index in [9.17, 15) is 0 Å². The molecule has 1 aromatic carbocycles. The second-order valence-electron chi connectivity index (χ2n) is 7.81. The minimum atomic E-state index is 0.716. The summed E-state index contributed by atoms with van der Waals surface area (Å²) >= 11 is 0. The summed E-state index contributed by atoms with van der Waals surface area (Å²) in [5, 5.41) is 0. The number of nitrogens with one attached hydrogen (secondary N) is 2. The van der Waals surface area contributed by atoms with Crippen molar-refractivity contribution >= 4 is 5.69 Å². The van der Waals surface area contributed by atoms with Crippen LogP contribution in [0.2, 0.25) is 0 Å². The fourth-order valence-corrected chi connectivity index (χ4v) is 4.59. The maximum Gasteiger partial charge on any atom is 0.0367 e. The highest BCUT2D eigenvalue weighted by Gasteiger charge is 2.28. The van der Waals surface area contributed by atoms with Gasteiger partial charge in [0.15, 0.2) is 0 Å². The molecule has 4 rings (SSSR count). The van der Waals surface area contributed by atoms with Crippen LogP contribution in [0.3, 0.4) is 0 Å². The first kappa shape index (κ1) is 17.3. The van der Waals surface area contributed by atoms with Crippen LogP contribution in [0.25, 0.3) is 0 Å². The molecule has 0 aromatic heterocycles. The normalized spacial score (nSPS) is 27.0. The second kappa shape index (κ2) is 8.49. The van der Waals surface area contributed by atoms with Crippen molar-refractivity contribution in [3.8, 4) is 0 Å². The van der Waals surface area contributed by atoms with Crippen molar-refractivity contribution in [1.82, 2.24) is 20.7 Å². The van der Waals surface area contributed by atoms with Crippen molar-refractivity contribution in [3.63, 3.8) is 0 Å². The summed E-state index contributed by atoms with van der Waals surface area (Å²) in [6.45, 7) is 10.9. The molecule has 0 bridgehead atoms. The highest BCUT2D eigenvalue weighted by Crippen LogP contribution is 2.23. The van der Waals surface area contributed by atoms with Gasteiger partial charge in [-0.25, -0.2) is 0 Å². The Morgan fingerprint density at radius 2 is 1.48 bits per heavy atom. The molecule has 3 heterocycles. The Labute approximate surface area is 152 Å². The maximum absolute atomic E-state index is 3.46. The van der Waals surface area contributed by atoms with Crippen LogP contribution in [0, 0.1) is 5.92 Å². The van der Waals surface area contributed by atoms with E-state index in [0.29, 0.717) is 6.04 Å². The molecule has 0 aliphatic carbocycles. The second-order valence-corrected chi connectivity index (χ2v) is 7.81. The summed E-state index contributed by atoms with van der Waals surface area (Å²) in [5.41, 5.74) is 8.13. The van der Waals surface area contributed by atoms with E-state index < -0.39 is 0 Å². The third kappa shape index (κ3) is 4.53. The van der Waals surface area contributed by atoms with E-state index in [1.165, 1.54) is 64.2 Å². The Morgan fingerprint density at radius 3 is 2.12 bits per heavy atom. The molecular weight excluding hydrogens is 310 g/mol. The number of piperidine rings is 1. The summed E-state index contributed by atoms with van der Waals surface area (Å²) in [7, 11) is 0. The molecule has 0 spiro atoms. The average Bonchev–Trinajstić information content (AvgIpc) is 3.23. The van der Waals surface area contributed by atoms with Gasteiger partial charge in [0.25, 0.3) is 0 Å². The van der Waals surface area contributed by atoms with Gasteiger partial charge in [-0.1, -0.05) is 18.2 Å². The molecule has 25 heavy (non-hydrogen) atoms. The minimum Gasteiger partial charge on any atom is -0.369 e. The van der Waals surface area contributed by atoms with Gasteiger partial charge in [0.05, 0.1) is 0 Å². The summed E-state index contributed by atoms with van der Waals surface area (Å²) in [4.78, 5) is 7.85. The van der Waals surface area contributed by atoms with Gasteiger partial charge in [-0.2, -0.15) is 0 Å². The highest BCUT2D eigenvalue weighted by atomic mass is 15.4. The quantitative estimate of drug-likeness (QED) is 0.844. The summed E-state index contributed by atoms with van der Waals surface area (Å²) in [6.07, 6.45) is 4.03. The van der Waals surface area contributed by atoms with Crippen LogP contribution in [0.5, 0.6) is 0 Å².